The van der Waals surface area contributed by atoms with Gasteiger partial charge in [-0.15, -0.1) is 0 Å². The SMILES string of the molecule is CC1(C)OB(c2ccc(NC(=O)Nc3cc(C4(C(F)(F)F)CC4)no3)nc2)OC1(C)C. The van der Waals surface area contributed by atoms with E-state index in [9.17, 15) is 18.0 Å². The summed E-state index contributed by atoms with van der Waals surface area (Å²) < 4.78 is 56.2. The summed E-state index contributed by atoms with van der Waals surface area (Å²) in [5, 5.41) is 8.27. The average molecular weight is 438 g/mol. The molecule has 2 aromatic heterocycles. The Hall–Kier alpha value is -2.60. The Kier molecular flexibility index (Phi) is 4.85. The summed E-state index contributed by atoms with van der Waals surface area (Å²) in [5.74, 6) is 0.0447. The first-order valence-corrected chi connectivity index (χ1v) is 9.77. The summed E-state index contributed by atoms with van der Waals surface area (Å²) in [6.07, 6.45) is -2.99. The highest BCUT2D eigenvalue weighted by atomic mass is 19.4. The molecule has 1 aliphatic heterocycles. The second-order valence-electron chi connectivity index (χ2n) is 8.80. The Morgan fingerprint density at radius 3 is 2.26 bits per heavy atom. The number of pyridine rings is 1. The highest BCUT2D eigenvalue weighted by Gasteiger charge is 2.66. The van der Waals surface area contributed by atoms with E-state index in [0.717, 1.165) is 6.07 Å². The van der Waals surface area contributed by atoms with Gasteiger partial charge in [-0.05, 0) is 46.6 Å². The highest BCUT2D eigenvalue weighted by molar-refractivity contribution is 6.62. The number of carbonyl (C=O) groups excluding carboxylic acids is 1. The first-order chi connectivity index (χ1) is 14.3. The maximum Gasteiger partial charge on any atom is 0.496 e. The summed E-state index contributed by atoms with van der Waals surface area (Å²) in [7, 11) is -0.587. The summed E-state index contributed by atoms with van der Waals surface area (Å²) in [6.45, 7) is 7.76. The van der Waals surface area contributed by atoms with Crippen LogP contribution in [0.3, 0.4) is 0 Å². The predicted octanol–water partition coefficient (Wildman–Crippen LogP) is 3.61. The lowest BCUT2D eigenvalue weighted by molar-refractivity contribution is -0.161. The molecule has 0 unspecified atom stereocenters. The van der Waals surface area contributed by atoms with Crippen molar-refractivity contribution in [3.05, 3.63) is 30.1 Å². The van der Waals surface area contributed by atoms with Crippen molar-refractivity contribution in [2.24, 2.45) is 0 Å². The molecule has 0 spiro atoms. The fourth-order valence-electron chi connectivity index (χ4n) is 3.23. The molecule has 0 radical (unpaired) electrons. The third-order valence-corrected chi connectivity index (χ3v) is 6.08. The van der Waals surface area contributed by atoms with Crippen LogP contribution in [-0.4, -0.2) is 40.7 Å². The van der Waals surface area contributed by atoms with Gasteiger partial charge in [0.15, 0.2) is 0 Å². The van der Waals surface area contributed by atoms with E-state index in [4.69, 9.17) is 13.8 Å². The van der Waals surface area contributed by atoms with Crippen molar-refractivity contribution in [2.75, 3.05) is 10.6 Å². The molecule has 3 heterocycles. The maximum atomic E-state index is 13.2. The molecule has 166 valence electrons. The molecular formula is C19H22BF3N4O4. The zero-order valence-corrected chi connectivity index (χ0v) is 17.5. The number of nitrogens with zero attached hydrogens (tertiary/aromatic N) is 2. The van der Waals surface area contributed by atoms with Crippen LogP contribution in [0.15, 0.2) is 28.9 Å². The lowest BCUT2D eigenvalue weighted by Crippen LogP contribution is -2.41. The van der Waals surface area contributed by atoms with Gasteiger partial charge >= 0.3 is 19.3 Å². The second kappa shape index (κ2) is 6.96. The van der Waals surface area contributed by atoms with Crippen molar-refractivity contribution < 1.29 is 31.8 Å². The van der Waals surface area contributed by atoms with Crippen LogP contribution in [0.5, 0.6) is 0 Å². The molecule has 2 aromatic rings. The van der Waals surface area contributed by atoms with Gasteiger partial charge in [0, 0.05) is 17.7 Å². The fourth-order valence-corrected chi connectivity index (χ4v) is 3.23. The van der Waals surface area contributed by atoms with Crippen LogP contribution in [0, 0.1) is 0 Å². The molecular weight excluding hydrogens is 416 g/mol. The van der Waals surface area contributed by atoms with Crippen LogP contribution >= 0.6 is 0 Å². The van der Waals surface area contributed by atoms with Gasteiger partial charge in [0.25, 0.3) is 0 Å². The molecule has 2 N–H and O–H groups in total. The van der Waals surface area contributed by atoms with Crippen molar-refractivity contribution in [1.29, 1.82) is 0 Å². The van der Waals surface area contributed by atoms with Gasteiger partial charge in [-0.3, -0.25) is 10.6 Å². The maximum absolute atomic E-state index is 13.2. The fraction of sp³-hybridized carbons (Fsp3) is 0.526. The van der Waals surface area contributed by atoms with Gasteiger partial charge in [0.2, 0.25) is 5.88 Å². The number of amides is 2. The van der Waals surface area contributed by atoms with Crippen molar-refractivity contribution in [3.63, 3.8) is 0 Å². The minimum absolute atomic E-state index is 0.0479. The molecule has 12 heteroatoms. The summed E-state index contributed by atoms with van der Waals surface area (Å²) in [6, 6.07) is 3.64. The molecule has 4 rings (SSSR count). The van der Waals surface area contributed by atoms with Crippen LogP contribution in [-0.2, 0) is 14.7 Å². The number of aromatic nitrogens is 2. The average Bonchev–Trinajstić information content (AvgIpc) is 3.30. The Morgan fingerprint density at radius 2 is 1.74 bits per heavy atom. The number of nitrogens with one attached hydrogen (secondary N) is 2. The molecule has 31 heavy (non-hydrogen) atoms. The van der Waals surface area contributed by atoms with Crippen molar-refractivity contribution in [1.82, 2.24) is 10.1 Å². The van der Waals surface area contributed by atoms with Crippen molar-refractivity contribution in [3.8, 4) is 0 Å². The molecule has 2 amide bonds. The number of hydrogen-bond acceptors (Lipinski definition) is 6. The summed E-state index contributed by atoms with van der Waals surface area (Å²) in [5.41, 5.74) is -2.50. The lowest BCUT2D eigenvalue weighted by atomic mass is 9.80. The van der Waals surface area contributed by atoms with Crippen LogP contribution in [0.25, 0.3) is 0 Å². The van der Waals surface area contributed by atoms with Crippen LogP contribution in [0.4, 0.5) is 29.7 Å². The Morgan fingerprint density at radius 1 is 1.10 bits per heavy atom. The Bertz CT molecular complexity index is 971. The summed E-state index contributed by atoms with van der Waals surface area (Å²) >= 11 is 0. The number of halogens is 3. The molecule has 0 aromatic carbocycles. The second-order valence-corrected chi connectivity index (χ2v) is 8.80. The highest BCUT2D eigenvalue weighted by Crippen LogP contribution is 2.58. The summed E-state index contributed by atoms with van der Waals surface area (Å²) in [4.78, 5) is 16.3. The van der Waals surface area contributed by atoms with Gasteiger partial charge in [0.1, 0.15) is 16.9 Å². The van der Waals surface area contributed by atoms with Gasteiger partial charge in [-0.25, -0.2) is 9.78 Å². The largest absolute Gasteiger partial charge is 0.496 e. The molecule has 1 saturated heterocycles. The third-order valence-electron chi connectivity index (χ3n) is 6.08. The molecule has 2 aliphatic rings. The minimum atomic E-state index is -4.41. The number of hydrogen-bond donors (Lipinski definition) is 2. The van der Waals surface area contributed by atoms with E-state index in [1.54, 1.807) is 12.1 Å². The molecule has 0 atom stereocenters. The Balaban J connectivity index is 1.36. The van der Waals surface area contributed by atoms with E-state index in [2.05, 4.69) is 20.8 Å². The third kappa shape index (κ3) is 3.89. The van der Waals surface area contributed by atoms with Crippen molar-refractivity contribution in [2.45, 2.75) is 63.3 Å². The van der Waals surface area contributed by atoms with E-state index < -0.39 is 35.9 Å². The number of anilines is 2. The first-order valence-electron chi connectivity index (χ1n) is 9.77. The quantitative estimate of drug-likeness (QED) is 0.708. The van der Waals surface area contributed by atoms with E-state index in [1.807, 2.05) is 27.7 Å². The minimum Gasteiger partial charge on any atom is -0.399 e. The number of carbonyl (C=O) groups is 1. The molecule has 0 bridgehead atoms. The number of alkyl halides is 3. The van der Waals surface area contributed by atoms with E-state index >= 15 is 0 Å². The van der Waals surface area contributed by atoms with Crippen LogP contribution < -0.4 is 16.1 Å². The van der Waals surface area contributed by atoms with Crippen molar-refractivity contribution >= 4 is 30.3 Å². The smallest absolute Gasteiger partial charge is 0.399 e. The van der Waals surface area contributed by atoms with Gasteiger partial charge in [0.05, 0.1) is 11.2 Å². The Labute approximate surface area is 177 Å². The van der Waals surface area contributed by atoms with E-state index in [1.165, 1.54) is 6.20 Å². The standard InChI is InChI=1S/C19H22BF3N4O4/c1-16(2)17(3,4)31-20(30-16)11-5-6-13(24-10-11)25-15(28)26-14-9-12(27-29-14)18(7-8-18)19(21,22)23/h5-6,9-10H,7-8H2,1-4H3,(H2,24,25,26,28). The first kappa shape index (κ1) is 21.6. The van der Waals surface area contributed by atoms with Gasteiger partial charge in [-0.2, -0.15) is 13.2 Å². The topological polar surface area (TPSA) is 98.5 Å². The zero-order valence-electron chi connectivity index (χ0n) is 17.5. The monoisotopic (exact) mass is 438 g/mol. The van der Waals surface area contributed by atoms with Crippen LogP contribution in [0.1, 0.15) is 46.2 Å². The normalized spacial score (nSPS) is 21.1. The molecule has 1 saturated carbocycles. The molecule has 8 nitrogen and oxygen atoms in total. The lowest BCUT2D eigenvalue weighted by Gasteiger charge is -2.32. The van der Waals surface area contributed by atoms with Gasteiger partial charge < -0.3 is 13.8 Å². The zero-order chi connectivity index (χ0) is 22.7. The predicted molar refractivity (Wildman–Crippen MR) is 106 cm³/mol. The number of rotatable bonds is 4. The van der Waals surface area contributed by atoms with E-state index in [-0.39, 0.29) is 30.2 Å². The molecule has 2 fully saturated rings. The van der Waals surface area contributed by atoms with Crippen LogP contribution in [0.2, 0.25) is 0 Å². The number of urea groups is 1. The van der Waals surface area contributed by atoms with E-state index in [0.29, 0.717) is 5.46 Å². The van der Waals surface area contributed by atoms with Gasteiger partial charge in [-0.1, -0.05) is 11.2 Å². The molecule has 1 aliphatic carbocycles.